The highest BCUT2D eigenvalue weighted by Crippen LogP contribution is 2.12. The summed E-state index contributed by atoms with van der Waals surface area (Å²) in [5, 5.41) is 8.60. The zero-order valence-corrected chi connectivity index (χ0v) is 9.60. The van der Waals surface area contributed by atoms with Crippen LogP contribution in [-0.2, 0) is 9.59 Å². The molecular formula is C11H10F2N2O4. The van der Waals surface area contributed by atoms with Crippen molar-refractivity contribution in [1.29, 1.82) is 0 Å². The van der Waals surface area contributed by atoms with Gasteiger partial charge in [0, 0.05) is 0 Å². The second-order valence-corrected chi connectivity index (χ2v) is 3.65. The molecule has 0 fully saturated rings. The molecule has 0 spiro atoms. The fourth-order valence-electron chi connectivity index (χ4n) is 1.38. The fourth-order valence-corrected chi connectivity index (χ4v) is 1.38. The van der Waals surface area contributed by atoms with Gasteiger partial charge in [-0.15, -0.1) is 0 Å². The summed E-state index contributed by atoms with van der Waals surface area (Å²) in [4.78, 5) is 33.7. The molecule has 0 heterocycles. The van der Waals surface area contributed by atoms with Gasteiger partial charge in [0.1, 0.15) is 24.7 Å². The van der Waals surface area contributed by atoms with Gasteiger partial charge in [-0.2, -0.15) is 0 Å². The summed E-state index contributed by atoms with van der Waals surface area (Å²) in [6.45, 7) is -1.56. The predicted molar refractivity (Wildman–Crippen MR) is 59.1 cm³/mol. The number of hydrogen-bond donors (Lipinski definition) is 2. The van der Waals surface area contributed by atoms with E-state index in [2.05, 4.69) is 0 Å². The van der Waals surface area contributed by atoms with Crippen molar-refractivity contribution in [3.8, 4) is 0 Å². The average Bonchev–Trinajstić information content (AvgIpc) is 2.29. The average molecular weight is 272 g/mol. The molecule has 102 valence electrons. The molecule has 1 rings (SSSR count). The number of carboxylic acids is 1. The number of nitrogens with two attached hydrogens (primary N) is 1. The second kappa shape index (κ2) is 5.89. The summed E-state index contributed by atoms with van der Waals surface area (Å²) < 4.78 is 26.3. The van der Waals surface area contributed by atoms with Gasteiger partial charge in [-0.25, -0.2) is 8.78 Å². The SMILES string of the molecule is NC(=O)CN(CC(=O)O)C(=O)c1cc(F)ccc1F. The third-order valence-electron chi connectivity index (χ3n) is 2.12. The Morgan fingerprint density at radius 2 is 1.84 bits per heavy atom. The van der Waals surface area contributed by atoms with E-state index < -0.39 is 48.1 Å². The summed E-state index contributed by atoms with van der Waals surface area (Å²) in [5.74, 6) is -5.39. The van der Waals surface area contributed by atoms with Crippen LogP contribution in [0.25, 0.3) is 0 Å². The molecule has 0 atom stereocenters. The Kier molecular flexibility index (Phi) is 4.51. The number of hydrogen-bond acceptors (Lipinski definition) is 3. The van der Waals surface area contributed by atoms with Gasteiger partial charge < -0.3 is 15.7 Å². The highest BCUT2D eigenvalue weighted by atomic mass is 19.1. The molecule has 2 amide bonds. The second-order valence-electron chi connectivity index (χ2n) is 3.65. The monoisotopic (exact) mass is 272 g/mol. The van der Waals surface area contributed by atoms with Crippen LogP contribution in [0.15, 0.2) is 18.2 Å². The predicted octanol–water partition coefficient (Wildman–Crippen LogP) is -0.0231. The van der Waals surface area contributed by atoms with E-state index in [0.29, 0.717) is 11.0 Å². The first-order valence-corrected chi connectivity index (χ1v) is 5.05. The molecule has 0 aliphatic heterocycles. The van der Waals surface area contributed by atoms with Crippen LogP contribution in [-0.4, -0.2) is 40.9 Å². The molecule has 6 nitrogen and oxygen atoms in total. The van der Waals surface area contributed by atoms with Crippen molar-refractivity contribution >= 4 is 17.8 Å². The van der Waals surface area contributed by atoms with Crippen molar-refractivity contribution in [2.24, 2.45) is 5.73 Å². The number of halogens is 2. The third-order valence-corrected chi connectivity index (χ3v) is 2.12. The molecule has 8 heteroatoms. The van der Waals surface area contributed by atoms with E-state index in [1.54, 1.807) is 0 Å². The van der Waals surface area contributed by atoms with E-state index in [9.17, 15) is 23.2 Å². The summed E-state index contributed by atoms with van der Waals surface area (Å²) in [6, 6.07) is 2.15. The van der Waals surface area contributed by atoms with Gasteiger partial charge in [-0.3, -0.25) is 14.4 Å². The van der Waals surface area contributed by atoms with Crippen LogP contribution in [0.5, 0.6) is 0 Å². The summed E-state index contributed by atoms with van der Waals surface area (Å²) in [7, 11) is 0. The largest absolute Gasteiger partial charge is 0.480 e. The Labute approximate surface area is 106 Å². The number of rotatable bonds is 5. The fraction of sp³-hybridized carbons (Fsp3) is 0.182. The molecule has 1 aromatic rings. The Hall–Kier alpha value is -2.51. The van der Waals surface area contributed by atoms with E-state index in [-0.39, 0.29) is 0 Å². The van der Waals surface area contributed by atoms with E-state index in [1.807, 2.05) is 0 Å². The molecule has 0 radical (unpaired) electrons. The lowest BCUT2D eigenvalue weighted by Crippen LogP contribution is -2.41. The first-order chi connectivity index (χ1) is 8.81. The minimum Gasteiger partial charge on any atom is -0.480 e. The maximum atomic E-state index is 13.4. The van der Waals surface area contributed by atoms with Crippen molar-refractivity contribution in [2.45, 2.75) is 0 Å². The number of carboxylic acid groups (broad SMARTS) is 1. The zero-order valence-electron chi connectivity index (χ0n) is 9.60. The summed E-state index contributed by atoms with van der Waals surface area (Å²) >= 11 is 0. The maximum Gasteiger partial charge on any atom is 0.323 e. The minimum absolute atomic E-state index is 0.516. The van der Waals surface area contributed by atoms with Crippen LogP contribution in [0.4, 0.5) is 8.78 Å². The minimum atomic E-state index is -1.41. The van der Waals surface area contributed by atoms with Gasteiger partial charge in [0.15, 0.2) is 0 Å². The number of aliphatic carboxylic acids is 1. The van der Waals surface area contributed by atoms with Crippen molar-refractivity contribution in [1.82, 2.24) is 4.90 Å². The number of amides is 2. The van der Waals surface area contributed by atoms with E-state index in [0.717, 1.165) is 12.1 Å². The standard InChI is InChI=1S/C11H10F2N2O4/c12-6-1-2-8(13)7(3-6)11(19)15(4-9(14)16)5-10(17)18/h1-3H,4-5H2,(H2,14,16)(H,17,18). The molecule has 19 heavy (non-hydrogen) atoms. The molecule has 1 aromatic carbocycles. The quantitative estimate of drug-likeness (QED) is 0.786. The summed E-state index contributed by atoms with van der Waals surface area (Å²) in [6.07, 6.45) is 0. The van der Waals surface area contributed by atoms with Gasteiger partial charge in [0.05, 0.1) is 5.56 Å². The lowest BCUT2D eigenvalue weighted by molar-refractivity contribution is -0.138. The molecule has 0 aromatic heterocycles. The van der Waals surface area contributed by atoms with Gasteiger partial charge in [-0.1, -0.05) is 0 Å². The smallest absolute Gasteiger partial charge is 0.323 e. The van der Waals surface area contributed by atoms with E-state index in [1.165, 1.54) is 0 Å². The molecular weight excluding hydrogens is 262 g/mol. The number of nitrogens with zero attached hydrogens (tertiary/aromatic N) is 1. The Morgan fingerprint density at radius 1 is 1.21 bits per heavy atom. The highest BCUT2D eigenvalue weighted by Gasteiger charge is 2.23. The molecule has 0 aliphatic carbocycles. The van der Waals surface area contributed by atoms with Crippen LogP contribution in [0.2, 0.25) is 0 Å². The molecule has 0 saturated carbocycles. The van der Waals surface area contributed by atoms with Crippen LogP contribution >= 0.6 is 0 Å². The first kappa shape index (κ1) is 14.6. The van der Waals surface area contributed by atoms with Gasteiger partial charge >= 0.3 is 5.97 Å². The maximum absolute atomic E-state index is 13.4. The zero-order chi connectivity index (χ0) is 14.6. The number of primary amides is 1. The molecule has 0 unspecified atom stereocenters. The van der Waals surface area contributed by atoms with Crippen LogP contribution < -0.4 is 5.73 Å². The normalized spacial score (nSPS) is 10.0. The van der Waals surface area contributed by atoms with Gasteiger partial charge in [0.25, 0.3) is 5.91 Å². The Balaban J connectivity index is 3.07. The van der Waals surface area contributed by atoms with E-state index >= 15 is 0 Å². The van der Waals surface area contributed by atoms with Gasteiger partial charge in [-0.05, 0) is 18.2 Å². The van der Waals surface area contributed by atoms with Crippen molar-refractivity contribution in [2.75, 3.05) is 13.1 Å². The van der Waals surface area contributed by atoms with Crippen LogP contribution in [0.1, 0.15) is 10.4 Å². The highest BCUT2D eigenvalue weighted by molar-refractivity contribution is 5.98. The van der Waals surface area contributed by atoms with Crippen LogP contribution in [0.3, 0.4) is 0 Å². The van der Waals surface area contributed by atoms with Crippen molar-refractivity contribution < 1.29 is 28.3 Å². The van der Waals surface area contributed by atoms with E-state index in [4.69, 9.17) is 10.8 Å². The van der Waals surface area contributed by atoms with Crippen LogP contribution in [0, 0.1) is 11.6 Å². The number of carbonyl (C=O) groups excluding carboxylic acids is 2. The molecule has 0 bridgehead atoms. The van der Waals surface area contributed by atoms with Crippen molar-refractivity contribution in [3.63, 3.8) is 0 Å². The molecule has 0 aliphatic rings. The number of carbonyl (C=O) groups is 3. The first-order valence-electron chi connectivity index (χ1n) is 5.05. The Bertz CT molecular complexity index is 517. The van der Waals surface area contributed by atoms with Crippen molar-refractivity contribution in [3.05, 3.63) is 35.4 Å². The Morgan fingerprint density at radius 3 is 2.37 bits per heavy atom. The number of benzene rings is 1. The molecule has 0 saturated heterocycles. The third kappa shape index (κ3) is 4.02. The molecule has 3 N–H and O–H groups in total. The van der Waals surface area contributed by atoms with Gasteiger partial charge in [0.2, 0.25) is 5.91 Å². The lowest BCUT2D eigenvalue weighted by Gasteiger charge is -2.19. The lowest BCUT2D eigenvalue weighted by atomic mass is 10.1. The topological polar surface area (TPSA) is 101 Å². The summed E-state index contributed by atoms with van der Waals surface area (Å²) in [5.41, 5.74) is 4.19.